The quantitative estimate of drug-likeness (QED) is 0.173. The molecule has 8 heteroatoms. The fourth-order valence-corrected chi connectivity index (χ4v) is 4.51. The molecule has 0 saturated carbocycles. The normalized spacial score (nSPS) is 11.8. The van der Waals surface area contributed by atoms with E-state index in [1.54, 1.807) is 12.1 Å². The molecule has 0 fully saturated rings. The number of non-ortho nitro benzene ring substituents is 1. The van der Waals surface area contributed by atoms with Gasteiger partial charge in [0.1, 0.15) is 11.6 Å². The summed E-state index contributed by atoms with van der Waals surface area (Å²) in [5.74, 6) is 1.62. The van der Waals surface area contributed by atoms with Gasteiger partial charge in [0.25, 0.3) is 5.69 Å². The number of aromatic nitrogens is 3. The highest BCUT2D eigenvalue weighted by atomic mass is 32.2. The number of benzene rings is 3. The van der Waals surface area contributed by atoms with E-state index in [1.807, 2.05) is 66.9 Å². The Bertz CT molecular complexity index is 1230. The molecular weight excluding hydrogens is 436 g/mol. The average molecular weight is 461 g/mol. The molecule has 4 aromatic rings. The number of hydrogen-bond donors (Lipinski definition) is 0. The highest BCUT2D eigenvalue weighted by molar-refractivity contribution is 7.99. The van der Waals surface area contributed by atoms with Gasteiger partial charge in [-0.1, -0.05) is 54.2 Å². The first-order valence-corrected chi connectivity index (χ1v) is 11.6. The van der Waals surface area contributed by atoms with E-state index >= 15 is 0 Å². The SMILES string of the molecule is CCOc1ccc(-n2c(Cc3ccccc3)nnc2SC(C)c2cccc([N+](=O)[O-])c2)cc1. The van der Waals surface area contributed by atoms with Crippen molar-refractivity contribution in [1.82, 2.24) is 14.8 Å². The van der Waals surface area contributed by atoms with Crippen LogP contribution in [0.4, 0.5) is 5.69 Å². The summed E-state index contributed by atoms with van der Waals surface area (Å²) in [4.78, 5) is 10.8. The summed E-state index contributed by atoms with van der Waals surface area (Å²) in [5, 5.41) is 20.8. The summed E-state index contributed by atoms with van der Waals surface area (Å²) < 4.78 is 7.63. The fraction of sp³-hybridized carbons (Fsp3) is 0.200. The first-order chi connectivity index (χ1) is 16.0. The molecule has 0 radical (unpaired) electrons. The Morgan fingerprint density at radius 3 is 2.48 bits per heavy atom. The lowest BCUT2D eigenvalue weighted by Gasteiger charge is -2.14. The molecule has 1 aromatic heterocycles. The molecule has 33 heavy (non-hydrogen) atoms. The fourth-order valence-electron chi connectivity index (χ4n) is 3.50. The van der Waals surface area contributed by atoms with E-state index in [1.165, 1.54) is 17.8 Å². The van der Waals surface area contributed by atoms with Crippen molar-refractivity contribution in [3.05, 3.63) is 106 Å². The predicted molar refractivity (Wildman–Crippen MR) is 129 cm³/mol. The van der Waals surface area contributed by atoms with Crippen LogP contribution in [0.3, 0.4) is 0 Å². The topological polar surface area (TPSA) is 83.1 Å². The highest BCUT2D eigenvalue weighted by Gasteiger charge is 2.19. The van der Waals surface area contributed by atoms with Crippen molar-refractivity contribution in [2.24, 2.45) is 0 Å². The van der Waals surface area contributed by atoms with Crippen LogP contribution in [0.5, 0.6) is 5.75 Å². The predicted octanol–water partition coefficient (Wildman–Crippen LogP) is 6.02. The number of thioether (sulfide) groups is 1. The van der Waals surface area contributed by atoms with Gasteiger partial charge in [0.05, 0.1) is 11.5 Å². The van der Waals surface area contributed by atoms with Crippen LogP contribution in [0.25, 0.3) is 5.69 Å². The molecule has 3 aromatic carbocycles. The van der Waals surface area contributed by atoms with Gasteiger partial charge in [-0.15, -0.1) is 10.2 Å². The second-order valence-electron chi connectivity index (χ2n) is 7.44. The Morgan fingerprint density at radius 2 is 1.79 bits per heavy atom. The maximum absolute atomic E-state index is 11.2. The number of nitro groups is 1. The molecule has 0 aliphatic heterocycles. The Labute approximate surface area is 196 Å². The largest absolute Gasteiger partial charge is 0.494 e. The zero-order valence-corrected chi connectivity index (χ0v) is 19.2. The monoisotopic (exact) mass is 460 g/mol. The third-order valence-corrected chi connectivity index (χ3v) is 6.24. The van der Waals surface area contributed by atoms with Crippen molar-refractivity contribution in [1.29, 1.82) is 0 Å². The van der Waals surface area contributed by atoms with Crippen LogP contribution in [0.1, 0.15) is 36.0 Å². The number of nitrogens with zero attached hydrogens (tertiary/aromatic N) is 4. The molecule has 0 saturated heterocycles. The van der Waals surface area contributed by atoms with Crippen LogP contribution < -0.4 is 4.74 Å². The molecule has 0 N–H and O–H groups in total. The molecule has 7 nitrogen and oxygen atoms in total. The minimum Gasteiger partial charge on any atom is -0.494 e. The summed E-state index contributed by atoms with van der Waals surface area (Å²) in [5.41, 5.74) is 3.02. The zero-order valence-electron chi connectivity index (χ0n) is 18.4. The summed E-state index contributed by atoms with van der Waals surface area (Å²) in [6.07, 6.45) is 0.632. The van der Waals surface area contributed by atoms with Crippen molar-refractivity contribution < 1.29 is 9.66 Å². The molecule has 0 bridgehead atoms. The highest BCUT2D eigenvalue weighted by Crippen LogP contribution is 2.36. The van der Waals surface area contributed by atoms with Crippen LogP contribution in [-0.2, 0) is 6.42 Å². The van der Waals surface area contributed by atoms with Crippen LogP contribution in [-0.4, -0.2) is 26.3 Å². The smallest absolute Gasteiger partial charge is 0.269 e. The van der Waals surface area contributed by atoms with E-state index in [-0.39, 0.29) is 15.9 Å². The Kier molecular flexibility index (Phi) is 7.04. The van der Waals surface area contributed by atoms with Gasteiger partial charge >= 0.3 is 0 Å². The first kappa shape index (κ1) is 22.5. The second kappa shape index (κ2) is 10.3. The molecule has 0 spiro atoms. The lowest BCUT2D eigenvalue weighted by atomic mass is 10.1. The van der Waals surface area contributed by atoms with Crippen molar-refractivity contribution in [2.45, 2.75) is 30.7 Å². The van der Waals surface area contributed by atoms with Crippen LogP contribution in [0.15, 0.2) is 84.0 Å². The average Bonchev–Trinajstić information content (AvgIpc) is 3.22. The van der Waals surface area contributed by atoms with Crippen LogP contribution >= 0.6 is 11.8 Å². The van der Waals surface area contributed by atoms with E-state index < -0.39 is 0 Å². The second-order valence-corrected chi connectivity index (χ2v) is 8.74. The molecule has 4 rings (SSSR count). The van der Waals surface area contributed by atoms with E-state index in [2.05, 4.69) is 22.3 Å². The minimum absolute atomic E-state index is 0.0554. The summed E-state index contributed by atoms with van der Waals surface area (Å²) >= 11 is 1.52. The number of rotatable bonds is 9. The van der Waals surface area contributed by atoms with Crippen molar-refractivity contribution >= 4 is 17.4 Å². The van der Waals surface area contributed by atoms with E-state index in [0.29, 0.717) is 13.0 Å². The van der Waals surface area contributed by atoms with Gasteiger partial charge in [0.15, 0.2) is 5.16 Å². The van der Waals surface area contributed by atoms with Crippen LogP contribution in [0.2, 0.25) is 0 Å². The lowest BCUT2D eigenvalue weighted by molar-refractivity contribution is -0.384. The summed E-state index contributed by atoms with van der Waals surface area (Å²) in [6, 6.07) is 24.7. The van der Waals surface area contributed by atoms with E-state index in [4.69, 9.17) is 4.74 Å². The van der Waals surface area contributed by atoms with Crippen molar-refractivity contribution in [2.75, 3.05) is 6.61 Å². The number of nitro benzene ring substituents is 1. The van der Waals surface area contributed by atoms with Gasteiger partial charge in [-0.2, -0.15) is 0 Å². The molecule has 1 heterocycles. The Hall–Kier alpha value is -3.65. The Balaban J connectivity index is 1.68. The summed E-state index contributed by atoms with van der Waals surface area (Å²) in [6.45, 7) is 4.57. The van der Waals surface area contributed by atoms with E-state index in [9.17, 15) is 10.1 Å². The van der Waals surface area contributed by atoms with Gasteiger partial charge in [-0.3, -0.25) is 14.7 Å². The molecule has 0 aliphatic rings. The zero-order chi connectivity index (χ0) is 23.2. The van der Waals surface area contributed by atoms with Gasteiger partial charge in [0.2, 0.25) is 0 Å². The maximum atomic E-state index is 11.2. The molecule has 0 aliphatic carbocycles. The summed E-state index contributed by atoms with van der Waals surface area (Å²) in [7, 11) is 0. The standard InChI is InChI=1S/C25H24N4O3S/c1-3-32-23-14-12-21(13-15-23)28-24(16-19-8-5-4-6-9-19)26-27-25(28)33-18(2)20-10-7-11-22(17-20)29(30)31/h4-15,17-18H,3,16H2,1-2H3. The minimum atomic E-state index is -0.374. The maximum Gasteiger partial charge on any atom is 0.269 e. The number of ether oxygens (including phenoxy) is 1. The van der Waals surface area contributed by atoms with Gasteiger partial charge < -0.3 is 4.74 Å². The van der Waals surface area contributed by atoms with Gasteiger partial charge in [0, 0.05) is 29.5 Å². The molecular formula is C25H24N4O3S. The Morgan fingerprint density at radius 1 is 1.03 bits per heavy atom. The van der Waals surface area contributed by atoms with E-state index in [0.717, 1.165) is 33.5 Å². The number of hydrogen-bond acceptors (Lipinski definition) is 6. The lowest BCUT2D eigenvalue weighted by Crippen LogP contribution is -2.05. The van der Waals surface area contributed by atoms with Crippen LogP contribution in [0, 0.1) is 10.1 Å². The third-order valence-electron chi connectivity index (χ3n) is 5.14. The van der Waals surface area contributed by atoms with Crippen molar-refractivity contribution in [3.8, 4) is 11.4 Å². The molecule has 168 valence electrons. The molecule has 0 amide bonds. The molecule has 1 atom stereocenters. The molecule has 1 unspecified atom stereocenters. The first-order valence-electron chi connectivity index (χ1n) is 10.7. The van der Waals surface area contributed by atoms with Gasteiger partial charge in [-0.05, 0) is 49.2 Å². The third kappa shape index (κ3) is 5.40. The van der Waals surface area contributed by atoms with Crippen molar-refractivity contribution in [3.63, 3.8) is 0 Å². The van der Waals surface area contributed by atoms with Gasteiger partial charge in [-0.25, -0.2) is 0 Å².